The molecule has 0 aromatic heterocycles. The molecule has 2 aliphatic heterocycles. The summed E-state index contributed by atoms with van der Waals surface area (Å²) >= 11 is 0. The van der Waals surface area contributed by atoms with Gasteiger partial charge in [-0.25, -0.2) is 4.79 Å². The van der Waals surface area contributed by atoms with Crippen LogP contribution in [-0.4, -0.2) is 141 Å². The van der Waals surface area contributed by atoms with Crippen molar-refractivity contribution >= 4 is 41.7 Å². The second-order valence-corrected chi connectivity index (χ2v) is 14.9. The van der Waals surface area contributed by atoms with Gasteiger partial charge in [0.15, 0.2) is 0 Å². The lowest BCUT2D eigenvalue weighted by Gasteiger charge is -2.52. The topological polar surface area (TPSA) is 201 Å². The lowest BCUT2D eigenvalue weighted by atomic mass is 9.70. The molecule has 3 aliphatic rings. The highest BCUT2D eigenvalue weighted by atomic mass is 16.7. The first-order chi connectivity index (χ1) is 22.2. The maximum Gasteiger partial charge on any atom is 0.336 e. The molecule has 2 amide bonds. The summed E-state index contributed by atoms with van der Waals surface area (Å²) in [5.41, 5.74) is -2.88. The Bertz CT molecular complexity index is 1180. The number of carboxylic acid groups (broad SMARTS) is 2. The Morgan fingerprint density at radius 2 is 1.17 bits per heavy atom. The largest absolute Gasteiger partial charge is 0.480 e. The second kappa shape index (κ2) is 15.7. The highest BCUT2D eigenvalue weighted by molar-refractivity contribution is 6.01. The summed E-state index contributed by atoms with van der Waals surface area (Å²) < 4.78 is 11.3. The Balaban J connectivity index is 2.04. The number of hydrogen-bond donors (Lipinski definition) is 2. The van der Waals surface area contributed by atoms with Gasteiger partial charge in [-0.1, -0.05) is 0 Å². The fraction of sp³-hybridized carbons (Fsp3) is 0.781. The summed E-state index contributed by atoms with van der Waals surface area (Å²) in [5, 5.41) is 20.1. The normalized spacial score (nSPS) is 22.7. The molecule has 0 radical (unpaired) electrons. The predicted molar refractivity (Wildman–Crippen MR) is 167 cm³/mol. The van der Waals surface area contributed by atoms with Crippen LogP contribution < -0.4 is 0 Å². The van der Waals surface area contributed by atoms with Crippen molar-refractivity contribution in [2.45, 2.75) is 96.8 Å². The summed E-state index contributed by atoms with van der Waals surface area (Å²) in [7, 11) is 0. The van der Waals surface area contributed by atoms with E-state index >= 15 is 0 Å². The summed E-state index contributed by atoms with van der Waals surface area (Å²) in [6.45, 7) is 9.32. The van der Waals surface area contributed by atoms with E-state index in [1.807, 2.05) is 0 Å². The summed E-state index contributed by atoms with van der Waals surface area (Å²) in [6.07, 6.45) is 1.17. The first kappa shape index (κ1) is 38.8. The number of imide groups is 1. The molecule has 0 aromatic carbocycles. The molecule has 0 spiro atoms. The fourth-order valence-corrected chi connectivity index (χ4v) is 6.75. The van der Waals surface area contributed by atoms with Gasteiger partial charge in [0.1, 0.15) is 11.2 Å². The number of carbonyl (C=O) groups is 7. The van der Waals surface area contributed by atoms with E-state index in [-0.39, 0.29) is 84.0 Å². The Morgan fingerprint density at radius 3 is 1.54 bits per heavy atom. The van der Waals surface area contributed by atoms with Gasteiger partial charge in [0, 0.05) is 39.0 Å². The van der Waals surface area contributed by atoms with E-state index in [0.717, 1.165) is 0 Å². The van der Waals surface area contributed by atoms with E-state index in [4.69, 9.17) is 14.3 Å². The number of rotatable bonds is 12. The van der Waals surface area contributed by atoms with Crippen LogP contribution in [0.5, 0.6) is 0 Å². The molecular formula is C32H50N4O12. The average Bonchev–Trinajstić information content (AvgIpc) is 3.13. The fourth-order valence-electron chi connectivity index (χ4n) is 6.75. The van der Waals surface area contributed by atoms with E-state index in [0.29, 0.717) is 17.9 Å². The van der Waals surface area contributed by atoms with Crippen LogP contribution in [-0.2, 0) is 47.9 Å². The van der Waals surface area contributed by atoms with Gasteiger partial charge in [-0.3, -0.25) is 43.5 Å². The molecule has 0 bridgehead atoms. The minimum atomic E-state index is -1.18. The van der Waals surface area contributed by atoms with E-state index in [9.17, 15) is 43.8 Å². The van der Waals surface area contributed by atoms with Crippen LogP contribution in [0.1, 0.15) is 80.1 Å². The Kier molecular flexibility index (Phi) is 12.7. The molecule has 1 saturated carbocycles. The molecule has 0 atom stereocenters. The smallest absolute Gasteiger partial charge is 0.336 e. The monoisotopic (exact) mass is 682 g/mol. The van der Waals surface area contributed by atoms with Gasteiger partial charge in [-0.05, 0) is 73.1 Å². The van der Waals surface area contributed by atoms with Crippen molar-refractivity contribution in [1.29, 1.82) is 0 Å². The van der Waals surface area contributed by atoms with Gasteiger partial charge in [0.2, 0.25) is 0 Å². The summed E-state index contributed by atoms with van der Waals surface area (Å²) in [4.78, 5) is 98.0. The highest BCUT2D eigenvalue weighted by Gasteiger charge is 2.51. The quantitative estimate of drug-likeness (QED) is 0.217. The van der Waals surface area contributed by atoms with Crippen molar-refractivity contribution in [3.8, 4) is 0 Å². The molecule has 3 rings (SSSR count). The van der Waals surface area contributed by atoms with Crippen LogP contribution in [0.2, 0.25) is 0 Å². The third-order valence-electron chi connectivity index (χ3n) is 8.56. The van der Waals surface area contributed by atoms with Crippen LogP contribution in [0.4, 0.5) is 0 Å². The van der Waals surface area contributed by atoms with Crippen molar-refractivity contribution in [2.24, 2.45) is 11.8 Å². The molecule has 16 heteroatoms. The highest BCUT2D eigenvalue weighted by Crippen LogP contribution is 2.41. The van der Waals surface area contributed by atoms with E-state index in [2.05, 4.69) is 0 Å². The molecule has 16 nitrogen and oxygen atoms in total. The zero-order valence-corrected chi connectivity index (χ0v) is 28.8. The summed E-state index contributed by atoms with van der Waals surface area (Å²) in [5.74, 6) is -6.38. The summed E-state index contributed by atoms with van der Waals surface area (Å²) in [6, 6.07) is 0. The van der Waals surface area contributed by atoms with Gasteiger partial charge >= 0.3 is 29.8 Å². The number of nitrogens with zero attached hydrogens (tertiary/aromatic N) is 4. The van der Waals surface area contributed by atoms with Crippen LogP contribution in [0.25, 0.3) is 0 Å². The molecule has 48 heavy (non-hydrogen) atoms. The van der Waals surface area contributed by atoms with Gasteiger partial charge < -0.3 is 24.5 Å². The molecule has 3 fully saturated rings. The van der Waals surface area contributed by atoms with Crippen molar-refractivity contribution in [1.82, 2.24) is 19.8 Å². The maximum atomic E-state index is 13.4. The van der Waals surface area contributed by atoms with E-state index < -0.39 is 64.3 Å². The Hall–Kier alpha value is -3.63. The lowest BCUT2D eigenvalue weighted by Crippen LogP contribution is -2.66. The first-order valence-corrected chi connectivity index (χ1v) is 16.3. The number of amides is 2. The lowest BCUT2D eigenvalue weighted by molar-refractivity contribution is -0.201. The Morgan fingerprint density at radius 1 is 0.750 bits per heavy atom. The van der Waals surface area contributed by atoms with Gasteiger partial charge in [-0.15, -0.1) is 5.06 Å². The van der Waals surface area contributed by atoms with Crippen molar-refractivity contribution in [3.05, 3.63) is 0 Å². The number of aliphatic carboxylic acids is 2. The van der Waals surface area contributed by atoms with E-state index in [1.165, 1.54) is 0 Å². The van der Waals surface area contributed by atoms with Crippen LogP contribution in [0.15, 0.2) is 0 Å². The molecular weight excluding hydrogens is 632 g/mol. The number of esters is 2. The molecule has 270 valence electrons. The minimum absolute atomic E-state index is 0.0355. The average molecular weight is 683 g/mol. The van der Waals surface area contributed by atoms with Crippen LogP contribution in [0.3, 0.4) is 0 Å². The van der Waals surface area contributed by atoms with Crippen LogP contribution in [0, 0.1) is 11.8 Å². The predicted octanol–water partition coefficient (Wildman–Crippen LogP) is 0.911. The molecule has 2 N–H and O–H groups in total. The first-order valence-electron chi connectivity index (χ1n) is 16.3. The minimum Gasteiger partial charge on any atom is -0.480 e. The Labute approximate surface area is 280 Å². The van der Waals surface area contributed by atoms with E-state index in [1.54, 1.807) is 56.2 Å². The molecule has 0 aromatic rings. The number of carbonyl (C=O) groups excluding carboxylic acids is 5. The van der Waals surface area contributed by atoms with Crippen molar-refractivity contribution in [2.75, 3.05) is 52.4 Å². The molecule has 2 saturated heterocycles. The van der Waals surface area contributed by atoms with Gasteiger partial charge in [-0.2, -0.15) is 0 Å². The SMILES string of the molecule is CC(C)(C)OC(=O)CN(CC(=O)OC(C)(C)C)C1([C@H]2CC[C@H](C(=O)ON3C(=O)CCC3=O)CC2)CN(CC(=O)O)CCN(CC(=O)O)C1. The van der Waals surface area contributed by atoms with Gasteiger partial charge in [0.05, 0.1) is 37.6 Å². The van der Waals surface area contributed by atoms with Crippen LogP contribution >= 0.6 is 0 Å². The van der Waals surface area contributed by atoms with Crippen molar-refractivity contribution in [3.63, 3.8) is 0 Å². The third kappa shape index (κ3) is 11.2. The zero-order chi connectivity index (χ0) is 36.0. The number of carboxylic acids is 2. The number of ether oxygens (including phenoxy) is 2. The molecule has 0 unspecified atom stereocenters. The zero-order valence-electron chi connectivity index (χ0n) is 28.8. The second-order valence-electron chi connectivity index (χ2n) is 14.9. The standard InChI is InChI=1S/C32H50N4O12/c1-30(2,3)46-27(43)17-35(18-28(44)47-31(4,5)6)32(19-33(15-25(39)40)13-14-34(20-32)16-26(41)42)22-9-7-21(8-10-22)29(45)48-36-23(37)11-12-24(36)38/h21-22H,7-20H2,1-6H3,(H,39,40)(H,41,42)/t21-,22-. The third-order valence-corrected chi connectivity index (χ3v) is 8.56. The maximum absolute atomic E-state index is 13.4. The van der Waals surface area contributed by atoms with Crippen molar-refractivity contribution < 1.29 is 58.1 Å². The number of hydroxylamine groups is 2. The van der Waals surface area contributed by atoms with Gasteiger partial charge in [0.25, 0.3) is 11.8 Å². The molecule has 2 heterocycles. The molecule has 1 aliphatic carbocycles. The number of hydrogen-bond acceptors (Lipinski definition) is 13.